The molecule has 0 fully saturated rings. The van der Waals surface area contributed by atoms with Gasteiger partial charge in [-0.3, -0.25) is 4.98 Å². The van der Waals surface area contributed by atoms with E-state index in [1.165, 1.54) is 13.3 Å². The number of hydrogen-bond acceptors (Lipinski definition) is 5. The molecule has 0 spiro atoms. The molecule has 2 heterocycles. The lowest BCUT2D eigenvalue weighted by molar-refractivity contribution is 0.0600. The average Bonchev–Trinajstić information content (AvgIpc) is 2.48. The number of carbonyl (C=O) groups is 1. The Morgan fingerprint density at radius 2 is 2.10 bits per heavy atom. The van der Waals surface area contributed by atoms with Gasteiger partial charge in [0.25, 0.3) is 0 Å². The van der Waals surface area contributed by atoms with Crippen molar-refractivity contribution in [1.29, 1.82) is 0 Å². The summed E-state index contributed by atoms with van der Waals surface area (Å²) in [7, 11) is 1.34. The van der Waals surface area contributed by atoms with Crippen LogP contribution in [0.4, 0.5) is 0 Å². The summed E-state index contributed by atoms with van der Waals surface area (Å²) in [6.45, 7) is 3.94. The number of aryl methyl sites for hydroxylation is 2. The van der Waals surface area contributed by atoms with Gasteiger partial charge in [-0.05, 0) is 31.5 Å². The average molecular weight is 272 g/mol. The van der Waals surface area contributed by atoms with Crippen molar-refractivity contribution >= 4 is 5.97 Å². The maximum atomic E-state index is 11.5. The fraction of sp³-hybridized carbons (Fsp3) is 0.267. The lowest BCUT2D eigenvalue weighted by atomic mass is 10.2. The van der Waals surface area contributed by atoms with Crippen LogP contribution in [-0.2, 0) is 11.2 Å². The lowest BCUT2D eigenvalue weighted by Crippen LogP contribution is -2.02. The highest BCUT2D eigenvalue weighted by molar-refractivity contribution is 5.89. The number of esters is 1. The van der Waals surface area contributed by atoms with Crippen molar-refractivity contribution in [1.82, 2.24) is 9.97 Å². The van der Waals surface area contributed by atoms with Crippen LogP contribution in [0.25, 0.3) is 0 Å². The summed E-state index contributed by atoms with van der Waals surface area (Å²) in [5.41, 5.74) is 2.19. The molecule has 2 aromatic rings. The Labute approximate surface area is 117 Å². The van der Waals surface area contributed by atoms with E-state index in [9.17, 15) is 4.79 Å². The Kier molecular flexibility index (Phi) is 4.30. The van der Waals surface area contributed by atoms with E-state index in [1.54, 1.807) is 12.1 Å². The molecule has 0 aliphatic rings. The third kappa shape index (κ3) is 3.12. The van der Waals surface area contributed by atoms with Crippen LogP contribution in [0.3, 0.4) is 0 Å². The molecule has 0 saturated carbocycles. The first-order valence-electron chi connectivity index (χ1n) is 6.32. The second kappa shape index (κ2) is 6.14. The van der Waals surface area contributed by atoms with Crippen LogP contribution in [0.15, 0.2) is 30.5 Å². The summed E-state index contributed by atoms with van der Waals surface area (Å²) in [4.78, 5) is 20.0. The molecule has 104 valence electrons. The number of ether oxygens (including phenoxy) is 2. The van der Waals surface area contributed by atoms with Crippen LogP contribution in [0.2, 0.25) is 0 Å². The number of carbonyl (C=O) groups excluding carboxylic acids is 1. The molecule has 0 unspecified atom stereocenters. The van der Waals surface area contributed by atoms with E-state index in [1.807, 2.05) is 26.0 Å². The molecule has 20 heavy (non-hydrogen) atoms. The molecule has 2 aromatic heterocycles. The summed E-state index contributed by atoms with van der Waals surface area (Å²) in [5, 5.41) is 0. The molecule has 0 atom stereocenters. The zero-order valence-corrected chi connectivity index (χ0v) is 11.7. The Balaban J connectivity index is 2.28. The summed E-state index contributed by atoms with van der Waals surface area (Å²) in [6, 6.07) is 6.85. The van der Waals surface area contributed by atoms with E-state index in [0.717, 1.165) is 17.8 Å². The van der Waals surface area contributed by atoms with Crippen molar-refractivity contribution in [2.24, 2.45) is 0 Å². The Morgan fingerprint density at radius 3 is 2.80 bits per heavy atom. The quantitative estimate of drug-likeness (QED) is 0.801. The minimum atomic E-state index is -0.421. The van der Waals surface area contributed by atoms with E-state index in [2.05, 4.69) is 14.7 Å². The smallest absolute Gasteiger partial charge is 0.338 e. The van der Waals surface area contributed by atoms with Crippen molar-refractivity contribution in [2.75, 3.05) is 7.11 Å². The number of aromatic nitrogens is 2. The van der Waals surface area contributed by atoms with Gasteiger partial charge in [-0.2, -0.15) is 0 Å². The van der Waals surface area contributed by atoms with E-state index in [0.29, 0.717) is 17.2 Å². The first kappa shape index (κ1) is 14.0. The summed E-state index contributed by atoms with van der Waals surface area (Å²) in [6.07, 6.45) is 2.27. The molecule has 0 amide bonds. The third-order valence-corrected chi connectivity index (χ3v) is 2.78. The van der Waals surface area contributed by atoms with Crippen molar-refractivity contribution in [2.45, 2.75) is 20.3 Å². The van der Waals surface area contributed by atoms with Crippen LogP contribution in [0.1, 0.15) is 28.7 Å². The van der Waals surface area contributed by atoms with Crippen LogP contribution in [-0.4, -0.2) is 23.0 Å². The molecule has 0 aliphatic heterocycles. The molecular formula is C15H16N2O3. The number of nitrogens with zero attached hydrogens (tertiary/aromatic N) is 2. The molecule has 5 nitrogen and oxygen atoms in total. The summed E-state index contributed by atoms with van der Waals surface area (Å²) >= 11 is 0. The van der Waals surface area contributed by atoms with Gasteiger partial charge >= 0.3 is 5.97 Å². The topological polar surface area (TPSA) is 61.3 Å². The minimum absolute atomic E-state index is 0.341. The van der Waals surface area contributed by atoms with Crippen molar-refractivity contribution in [3.63, 3.8) is 0 Å². The zero-order chi connectivity index (χ0) is 14.5. The van der Waals surface area contributed by atoms with Gasteiger partial charge in [0.15, 0.2) is 5.75 Å². The molecule has 5 heteroatoms. The molecule has 0 saturated heterocycles. The highest BCUT2D eigenvalue weighted by atomic mass is 16.5. The second-order valence-electron chi connectivity index (χ2n) is 4.23. The fourth-order valence-electron chi connectivity index (χ4n) is 1.77. The second-order valence-corrected chi connectivity index (χ2v) is 4.23. The maximum Gasteiger partial charge on any atom is 0.338 e. The first-order chi connectivity index (χ1) is 9.63. The van der Waals surface area contributed by atoms with Crippen molar-refractivity contribution < 1.29 is 14.3 Å². The highest BCUT2D eigenvalue weighted by Gasteiger charge is 2.10. The van der Waals surface area contributed by atoms with E-state index >= 15 is 0 Å². The van der Waals surface area contributed by atoms with Crippen LogP contribution < -0.4 is 4.74 Å². The van der Waals surface area contributed by atoms with Crippen LogP contribution in [0.5, 0.6) is 11.6 Å². The summed E-state index contributed by atoms with van der Waals surface area (Å²) < 4.78 is 10.4. The van der Waals surface area contributed by atoms with Gasteiger partial charge in [-0.25, -0.2) is 9.78 Å². The van der Waals surface area contributed by atoms with Gasteiger partial charge in [0.05, 0.1) is 18.4 Å². The molecule has 0 bridgehead atoms. The summed E-state index contributed by atoms with van der Waals surface area (Å²) in [5.74, 6) is 0.566. The maximum absolute atomic E-state index is 11.5. The third-order valence-electron chi connectivity index (χ3n) is 2.78. The van der Waals surface area contributed by atoms with Gasteiger partial charge < -0.3 is 9.47 Å². The number of hydrogen-bond donors (Lipinski definition) is 0. The number of rotatable bonds is 4. The Bertz CT molecular complexity index is 626. The Hall–Kier alpha value is -2.43. The van der Waals surface area contributed by atoms with E-state index < -0.39 is 5.97 Å². The van der Waals surface area contributed by atoms with Gasteiger partial charge in [-0.1, -0.05) is 6.92 Å². The molecule has 0 radical (unpaired) electrons. The van der Waals surface area contributed by atoms with Crippen LogP contribution >= 0.6 is 0 Å². The molecule has 2 rings (SSSR count). The van der Waals surface area contributed by atoms with Gasteiger partial charge in [-0.15, -0.1) is 0 Å². The zero-order valence-electron chi connectivity index (χ0n) is 11.7. The van der Waals surface area contributed by atoms with Gasteiger partial charge in [0, 0.05) is 18.0 Å². The minimum Gasteiger partial charge on any atom is -0.465 e. The van der Waals surface area contributed by atoms with Gasteiger partial charge in [0.2, 0.25) is 5.88 Å². The van der Waals surface area contributed by atoms with Crippen LogP contribution in [0, 0.1) is 6.92 Å². The largest absolute Gasteiger partial charge is 0.465 e. The highest BCUT2D eigenvalue weighted by Crippen LogP contribution is 2.24. The number of methoxy groups -OCH3 is 1. The molecule has 0 aromatic carbocycles. The lowest BCUT2D eigenvalue weighted by Gasteiger charge is -2.09. The van der Waals surface area contributed by atoms with E-state index in [4.69, 9.17) is 4.74 Å². The molecule has 0 N–H and O–H groups in total. The van der Waals surface area contributed by atoms with E-state index in [-0.39, 0.29) is 0 Å². The standard InChI is InChI=1S/C15H16N2O3/c1-4-12-13(6-5-10(2)17-12)20-14-9-11(7-8-16-14)15(18)19-3/h5-9H,4H2,1-3H3. The predicted molar refractivity (Wildman–Crippen MR) is 74.0 cm³/mol. The SMILES string of the molecule is CCc1nc(C)ccc1Oc1cc(C(=O)OC)ccn1. The molecular weight excluding hydrogens is 256 g/mol. The molecule has 0 aliphatic carbocycles. The van der Waals surface area contributed by atoms with Crippen molar-refractivity contribution in [3.8, 4) is 11.6 Å². The fourth-order valence-corrected chi connectivity index (χ4v) is 1.77. The normalized spacial score (nSPS) is 10.2. The first-order valence-corrected chi connectivity index (χ1v) is 6.32. The Morgan fingerprint density at radius 1 is 1.30 bits per heavy atom. The van der Waals surface area contributed by atoms with Crippen molar-refractivity contribution in [3.05, 3.63) is 47.4 Å². The van der Waals surface area contributed by atoms with Gasteiger partial charge in [0.1, 0.15) is 0 Å². The number of pyridine rings is 2. The monoisotopic (exact) mass is 272 g/mol. The predicted octanol–water partition coefficient (Wildman–Crippen LogP) is 2.93.